The maximum Gasteiger partial charge on any atom is 0.164 e. The highest BCUT2D eigenvalue weighted by Gasteiger charge is 2.25. The van der Waals surface area contributed by atoms with Crippen LogP contribution in [0.5, 0.6) is 0 Å². The number of hydrogen-bond donors (Lipinski definition) is 2. The van der Waals surface area contributed by atoms with Crippen molar-refractivity contribution in [3.63, 3.8) is 0 Å². The largest absolute Gasteiger partial charge is 0.384 e. The Morgan fingerprint density at radius 3 is 2.92 bits per heavy atom. The number of aromatic nitrogens is 4. The summed E-state index contributed by atoms with van der Waals surface area (Å²) in [5.74, 6) is 0.507. The molecule has 1 saturated carbocycles. The molecule has 122 valence electrons. The molecule has 1 fully saturated rings. The Morgan fingerprint density at radius 1 is 1.17 bits per heavy atom. The van der Waals surface area contributed by atoms with Crippen molar-refractivity contribution in [2.45, 2.75) is 38.1 Å². The van der Waals surface area contributed by atoms with Gasteiger partial charge in [-0.1, -0.05) is 25.0 Å². The third-order valence-corrected chi connectivity index (χ3v) is 5.28. The summed E-state index contributed by atoms with van der Waals surface area (Å²) in [6.07, 6.45) is 7.45. The topological polar surface area (TPSA) is 81.7 Å². The Labute approximate surface area is 140 Å². The van der Waals surface area contributed by atoms with Crippen molar-refractivity contribution in [1.82, 2.24) is 19.7 Å². The van der Waals surface area contributed by atoms with Crippen LogP contribution in [0.2, 0.25) is 0 Å². The van der Waals surface area contributed by atoms with Gasteiger partial charge in [-0.2, -0.15) is 5.10 Å². The van der Waals surface area contributed by atoms with E-state index in [4.69, 9.17) is 10.8 Å². The molecule has 24 heavy (non-hydrogen) atoms. The molecule has 0 atom stereocenters. The summed E-state index contributed by atoms with van der Waals surface area (Å²) in [5.41, 5.74) is 11.6. The summed E-state index contributed by atoms with van der Waals surface area (Å²) in [4.78, 5) is 8.70. The fraction of sp³-hybridized carbons (Fsp3) is 0.389. The van der Waals surface area contributed by atoms with Crippen LogP contribution in [-0.2, 0) is 6.42 Å². The minimum absolute atomic E-state index is 0.420. The summed E-state index contributed by atoms with van der Waals surface area (Å²) >= 11 is 0. The molecule has 3 aromatic rings. The number of nitrogens with one attached hydrogen (secondary N) is 1. The predicted octanol–water partition coefficient (Wildman–Crippen LogP) is 3.16. The highest BCUT2D eigenvalue weighted by Crippen LogP contribution is 2.37. The highest BCUT2D eigenvalue weighted by atomic mass is 15.3. The van der Waals surface area contributed by atoms with E-state index in [1.54, 1.807) is 6.33 Å². The zero-order valence-electron chi connectivity index (χ0n) is 13.5. The van der Waals surface area contributed by atoms with E-state index in [2.05, 4.69) is 38.2 Å². The Balaban J connectivity index is 1.73. The first kappa shape index (κ1) is 13.8. The first-order chi connectivity index (χ1) is 11.8. The second-order valence-corrected chi connectivity index (χ2v) is 6.74. The second kappa shape index (κ2) is 5.19. The van der Waals surface area contributed by atoms with Crippen molar-refractivity contribution in [3.8, 4) is 11.3 Å². The van der Waals surface area contributed by atoms with Crippen LogP contribution in [0.15, 0.2) is 24.5 Å². The maximum absolute atomic E-state index is 6.20. The van der Waals surface area contributed by atoms with Crippen LogP contribution in [0, 0.1) is 0 Å². The quantitative estimate of drug-likeness (QED) is 0.758. The van der Waals surface area contributed by atoms with Crippen LogP contribution >= 0.6 is 0 Å². The third-order valence-electron chi connectivity index (χ3n) is 5.28. The summed E-state index contributed by atoms with van der Waals surface area (Å²) in [7, 11) is 0. The fourth-order valence-electron chi connectivity index (χ4n) is 4.04. The fourth-order valence-corrected chi connectivity index (χ4v) is 4.04. The van der Waals surface area contributed by atoms with Crippen molar-refractivity contribution in [1.29, 1.82) is 0 Å². The molecule has 0 radical (unpaired) electrons. The number of nitrogens with zero attached hydrogens (tertiary/aromatic N) is 4. The van der Waals surface area contributed by atoms with Crippen molar-refractivity contribution in [2.24, 2.45) is 0 Å². The minimum atomic E-state index is 0.420. The van der Waals surface area contributed by atoms with Gasteiger partial charge in [0.1, 0.15) is 17.8 Å². The van der Waals surface area contributed by atoms with Crippen molar-refractivity contribution in [2.75, 3.05) is 17.6 Å². The molecule has 2 aliphatic rings. The Bertz CT molecular complexity index is 923. The van der Waals surface area contributed by atoms with E-state index in [0.29, 0.717) is 11.9 Å². The molecule has 6 nitrogen and oxygen atoms in total. The SMILES string of the molecule is Nc1ncnc2c1c(-c1ccc3c(c1)NCC3)nn2C1CCCC1. The standard InChI is InChI=1S/C18H20N6/c19-17-15-16(12-6-5-11-7-8-20-14(11)9-12)23-24(13-3-1-2-4-13)18(15)22-10-21-17/h5-6,9-10,13,20H,1-4,7-8H2,(H2,19,21,22). The van der Waals surface area contributed by atoms with E-state index in [0.717, 1.165) is 48.1 Å². The summed E-state index contributed by atoms with van der Waals surface area (Å²) < 4.78 is 2.08. The van der Waals surface area contributed by atoms with Gasteiger partial charge < -0.3 is 11.1 Å². The number of rotatable bonds is 2. The van der Waals surface area contributed by atoms with E-state index >= 15 is 0 Å². The van der Waals surface area contributed by atoms with Gasteiger partial charge in [-0.3, -0.25) is 0 Å². The molecule has 0 unspecified atom stereocenters. The normalized spacial score (nSPS) is 17.3. The molecule has 5 rings (SSSR count). The Morgan fingerprint density at radius 2 is 2.04 bits per heavy atom. The molecule has 0 spiro atoms. The smallest absolute Gasteiger partial charge is 0.164 e. The van der Waals surface area contributed by atoms with Gasteiger partial charge in [0.2, 0.25) is 0 Å². The lowest BCUT2D eigenvalue weighted by Crippen LogP contribution is -2.07. The third kappa shape index (κ3) is 1.99. The van der Waals surface area contributed by atoms with Gasteiger partial charge in [0.15, 0.2) is 5.65 Å². The van der Waals surface area contributed by atoms with Crippen molar-refractivity contribution in [3.05, 3.63) is 30.1 Å². The summed E-state index contributed by atoms with van der Waals surface area (Å²) in [6.45, 7) is 1.00. The number of hydrogen-bond acceptors (Lipinski definition) is 5. The predicted molar refractivity (Wildman–Crippen MR) is 94.9 cm³/mol. The molecule has 0 saturated heterocycles. The van der Waals surface area contributed by atoms with E-state index in [1.165, 1.54) is 24.1 Å². The molecular weight excluding hydrogens is 300 g/mol. The van der Waals surface area contributed by atoms with Crippen LogP contribution in [0.1, 0.15) is 37.3 Å². The van der Waals surface area contributed by atoms with Crippen molar-refractivity contribution < 1.29 is 0 Å². The average molecular weight is 320 g/mol. The number of fused-ring (bicyclic) bond motifs is 2. The van der Waals surface area contributed by atoms with Crippen LogP contribution < -0.4 is 11.1 Å². The summed E-state index contributed by atoms with van der Waals surface area (Å²) in [5, 5.41) is 9.25. The molecule has 0 amide bonds. The monoisotopic (exact) mass is 320 g/mol. The van der Waals surface area contributed by atoms with E-state index in [9.17, 15) is 0 Å². The average Bonchev–Trinajstić information content (AvgIpc) is 3.33. The molecule has 1 aliphatic heterocycles. The Hall–Kier alpha value is -2.63. The molecule has 1 aromatic carbocycles. The first-order valence-corrected chi connectivity index (χ1v) is 8.67. The van der Waals surface area contributed by atoms with Gasteiger partial charge in [0, 0.05) is 17.8 Å². The Kier molecular flexibility index (Phi) is 2.98. The molecule has 6 heteroatoms. The van der Waals surface area contributed by atoms with Gasteiger partial charge in [0.05, 0.1) is 11.4 Å². The van der Waals surface area contributed by atoms with Gasteiger partial charge in [-0.25, -0.2) is 14.6 Å². The van der Waals surface area contributed by atoms with Crippen LogP contribution in [0.25, 0.3) is 22.3 Å². The zero-order chi connectivity index (χ0) is 16.1. The molecule has 0 bridgehead atoms. The zero-order valence-corrected chi connectivity index (χ0v) is 13.5. The van der Waals surface area contributed by atoms with Crippen LogP contribution in [-0.4, -0.2) is 26.3 Å². The number of benzene rings is 1. The molecule has 1 aliphatic carbocycles. The molecule has 3 N–H and O–H groups in total. The lowest BCUT2D eigenvalue weighted by molar-refractivity contribution is 0.479. The van der Waals surface area contributed by atoms with Crippen molar-refractivity contribution >= 4 is 22.5 Å². The minimum Gasteiger partial charge on any atom is -0.384 e. The maximum atomic E-state index is 6.20. The lowest BCUT2D eigenvalue weighted by Gasteiger charge is -2.10. The first-order valence-electron chi connectivity index (χ1n) is 8.67. The molecular formula is C18H20N6. The number of nitrogen functional groups attached to an aromatic ring is 1. The van der Waals surface area contributed by atoms with E-state index < -0.39 is 0 Å². The molecule has 3 heterocycles. The van der Waals surface area contributed by atoms with Crippen LogP contribution in [0.4, 0.5) is 11.5 Å². The number of nitrogens with two attached hydrogens (primary N) is 1. The summed E-state index contributed by atoms with van der Waals surface area (Å²) in [6, 6.07) is 6.92. The van der Waals surface area contributed by atoms with Gasteiger partial charge in [-0.15, -0.1) is 0 Å². The number of anilines is 2. The van der Waals surface area contributed by atoms with Gasteiger partial charge in [-0.05, 0) is 30.9 Å². The van der Waals surface area contributed by atoms with Crippen LogP contribution in [0.3, 0.4) is 0 Å². The van der Waals surface area contributed by atoms with Gasteiger partial charge >= 0.3 is 0 Å². The second-order valence-electron chi connectivity index (χ2n) is 6.74. The van der Waals surface area contributed by atoms with E-state index in [-0.39, 0.29) is 0 Å². The lowest BCUT2D eigenvalue weighted by atomic mass is 10.1. The van der Waals surface area contributed by atoms with Gasteiger partial charge in [0.25, 0.3) is 0 Å². The molecule has 2 aromatic heterocycles. The van der Waals surface area contributed by atoms with E-state index in [1.807, 2.05) is 0 Å². The highest BCUT2D eigenvalue weighted by molar-refractivity contribution is 5.98.